The number of nitrogens with one attached hydrogen (secondary N) is 1. The summed E-state index contributed by atoms with van der Waals surface area (Å²) in [5.41, 5.74) is 3.29. The summed E-state index contributed by atoms with van der Waals surface area (Å²) in [6, 6.07) is 10.0. The van der Waals surface area contributed by atoms with Gasteiger partial charge in [-0.25, -0.2) is 13.1 Å². The number of hydrogen-bond acceptors (Lipinski definition) is 4. The SMILES string of the molecule is COc1ccc(S(=O)(=O)N[C@@H](C)c2cc(C)ccc2C)cc1C(=O)N1CCC(C)CC1. The second-order valence-electron chi connectivity index (χ2n) is 8.54. The van der Waals surface area contributed by atoms with Gasteiger partial charge in [-0.3, -0.25) is 4.79 Å². The number of likely N-dealkylation sites (tertiary alicyclic amines) is 1. The van der Waals surface area contributed by atoms with Crippen molar-refractivity contribution in [1.82, 2.24) is 9.62 Å². The highest BCUT2D eigenvalue weighted by Gasteiger charge is 2.27. The number of carbonyl (C=O) groups excluding carboxylic acids is 1. The van der Waals surface area contributed by atoms with Gasteiger partial charge in [-0.05, 0) is 68.9 Å². The molecule has 0 saturated carbocycles. The van der Waals surface area contributed by atoms with Crippen molar-refractivity contribution in [2.75, 3.05) is 20.2 Å². The van der Waals surface area contributed by atoms with Crippen LogP contribution in [0.5, 0.6) is 5.75 Å². The monoisotopic (exact) mass is 444 g/mol. The van der Waals surface area contributed by atoms with Gasteiger partial charge in [0, 0.05) is 19.1 Å². The maximum atomic E-state index is 13.1. The molecular weight excluding hydrogens is 412 g/mol. The molecule has 0 bridgehead atoms. The number of aryl methyl sites for hydroxylation is 2. The van der Waals surface area contributed by atoms with Gasteiger partial charge >= 0.3 is 0 Å². The summed E-state index contributed by atoms with van der Waals surface area (Å²) in [6.07, 6.45) is 1.89. The summed E-state index contributed by atoms with van der Waals surface area (Å²) in [5.74, 6) is 0.780. The van der Waals surface area contributed by atoms with E-state index in [-0.39, 0.29) is 16.4 Å². The van der Waals surface area contributed by atoms with Gasteiger partial charge in [-0.15, -0.1) is 0 Å². The van der Waals surface area contributed by atoms with Crippen LogP contribution in [0.4, 0.5) is 0 Å². The predicted molar refractivity (Wildman–Crippen MR) is 122 cm³/mol. The molecule has 1 saturated heterocycles. The van der Waals surface area contributed by atoms with Crippen LogP contribution in [0.3, 0.4) is 0 Å². The largest absolute Gasteiger partial charge is 0.496 e. The predicted octanol–water partition coefficient (Wildman–Crippen LogP) is 4.22. The number of carbonyl (C=O) groups is 1. The molecule has 7 heteroatoms. The highest BCUT2D eigenvalue weighted by atomic mass is 32.2. The van der Waals surface area contributed by atoms with Crippen molar-refractivity contribution in [1.29, 1.82) is 0 Å². The Hall–Kier alpha value is -2.38. The topological polar surface area (TPSA) is 75.7 Å². The Morgan fingerprint density at radius 2 is 1.81 bits per heavy atom. The third-order valence-corrected chi connectivity index (χ3v) is 7.55. The number of methoxy groups -OCH3 is 1. The van der Waals surface area contributed by atoms with Crippen molar-refractivity contribution in [2.24, 2.45) is 5.92 Å². The average molecular weight is 445 g/mol. The quantitative estimate of drug-likeness (QED) is 0.724. The van der Waals surface area contributed by atoms with E-state index in [1.165, 1.54) is 19.2 Å². The van der Waals surface area contributed by atoms with Gasteiger partial charge in [-0.1, -0.05) is 30.7 Å². The van der Waals surface area contributed by atoms with E-state index in [0.717, 1.165) is 29.5 Å². The molecule has 3 rings (SSSR count). The van der Waals surface area contributed by atoms with Crippen LogP contribution < -0.4 is 9.46 Å². The molecular formula is C24H32N2O4S. The van der Waals surface area contributed by atoms with E-state index in [1.807, 2.05) is 39.0 Å². The normalized spacial score (nSPS) is 16.2. The zero-order chi connectivity index (χ0) is 22.8. The van der Waals surface area contributed by atoms with Crippen LogP contribution in [-0.4, -0.2) is 39.4 Å². The number of benzene rings is 2. The van der Waals surface area contributed by atoms with E-state index in [2.05, 4.69) is 11.6 Å². The molecule has 0 aromatic heterocycles. The van der Waals surface area contributed by atoms with Gasteiger partial charge in [0.15, 0.2) is 0 Å². The molecule has 0 radical (unpaired) electrons. The fourth-order valence-electron chi connectivity index (χ4n) is 3.99. The molecule has 1 amide bonds. The molecule has 2 aromatic carbocycles. The van der Waals surface area contributed by atoms with Crippen LogP contribution in [0.2, 0.25) is 0 Å². The van der Waals surface area contributed by atoms with Crippen LogP contribution >= 0.6 is 0 Å². The molecule has 2 aromatic rings. The van der Waals surface area contributed by atoms with Crippen molar-refractivity contribution in [3.8, 4) is 5.75 Å². The fourth-order valence-corrected chi connectivity index (χ4v) is 5.24. The third-order valence-electron chi connectivity index (χ3n) is 6.02. The van der Waals surface area contributed by atoms with Crippen LogP contribution in [-0.2, 0) is 10.0 Å². The lowest BCUT2D eigenvalue weighted by Gasteiger charge is -2.30. The maximum Gasteiger partial charge on any atom is 0.257 e. The molecule has 168 valence electrons. The first-order valence-electron chi connectivity index (χ1n) is 10.7. The smallest absolute Gasteiger partial charge is 0.257 e. The number of rotatable bonds is 6. The highest BCUT2D eigenvalue weighted by molar-refractivity contribution is 7.89. The first-order chi connectivity index (χ1) is 14.6. The van der Waals surface area contributed by atoms with Gasteiger partial charge < -0.3 is 9.64 Å². The maximum absolute atomic E-state index is 13.1. The summed E-state index contributed by atoms with van der Waals surface area (Å²) >= 11 is 0. The van der Waals surface area contributed by atoms with Crippen molar-refractivity contribution in [3.63, 3.8) is 0 Å². The number of nitrogens with zero attached hydrogens (tertiary/aromatic N) is 1. The second kappa shape index (κ2) is 9.40. The Morgan fingerprint density at radius 1 is 1.13 bits per heavy atom. The van der Waals surface area contributed by atoms with Crippen LogP contribution in [0, 0.1) is 19.8 Å². The lowest BCUT2D eigenvalue weighted by Crippen LogP contribution is -2.38. The Kier molecular flexibility index (Phi) is 7.06. The highest BCUT2D eigenvalue weighted by Crippen LogP contribution is 2.27. The first kappa shape index (κ1) is 23.3. The van der Waals surface area contributed by atoms with E-state index in [4.69, 9.17) is 4.74 Å². The molecule has 1 aliphatic heterocycles. The summed E-state index contributed by atoms with van der Waals surface area (Å²) < 4.78 is 34.4. The average Bonchev–Trinajstić information content (AvgIpc) is 2.74. The fraction of sp³-hybridized carbons (Fsp3) is 0.458. The van der Waals surface area contributed by atoms with Crippen LogP contribution in [0.1, 0.15) is 59.8 Å². The number of amides is 1. The van der Waals surface area contributed by atoms with E-state index in [0.29, 0.717) is 24.8 Å². The van der Waals surface area contributed by atoms with Crippen LogP contribution in [0.15, 0.2) is 41.3 Å². The van der Waals surface area contributed by atoms with E-state index >= 15 is 0 Å². The zero-order valence-electron chi connectivity index (χ0n) is 18.9. The minimum atomic E-state index is -3.83. The van der Waals surface area contributed by atoms with E-state index in [9.17, 15) is 13.2 Å². The van der Waals surface area contributed by atoms with Crippen molar-refractivity contribution >= 4 is 15.9 Å². The Labute approximate surface area is 185 Å². The zero-order valence-corrected chi connectivity index (χ0v) is 19.8. The summed E-state index contributed by atoms with van der Waals surface area (Å²) in [4.78, 5) is 15.0. The standard InChI is InChI=1S/C24H32N2O4S/c1-16-10-12-26(13-11-16)24(27)22-15-20(8-9-23(22)30-5)31(28,29)25-19(4)21-14-17(2)6-7-18(21)3/h6-9,14-16,19,25H,10-13H2,1-5H3/t19-/m0/s1. The molecule has 0 aliphatic carbocycles. The van der Waals surface area contributed by atoms with Crippen molar-refractivity contribution in [2.45, 2.75) is 51.5 Å². The van der Waals surface area contributed by atoms with Gasteiger partial charge in [-0.2, -0.15) is 0 Å². The van der Waals surface area contributed by atoms with Crippen LogP contribution in [0.25, 0.3) is 0 Å². The molecule has 0 unspecified atom stereocenters. The molecule has 1 fully saturated rings. The lowest BCUT2D eigenvalue weighted by molar-refractivity contribution is 0.0693. The number of hydrogen-bond donors (Lipinski definition) is 1. The molecule has 1 N–H and O–H groups in total. The van der Waals surface area contributed by atoms with Gasteiger partial charge in [0.05, 0.1) is 17.6 Å². The summed E-state index contributed by atoms with van der Waals surface area (Å²) in [5, 5.41) is 0. The number of ether oxygens (including phenoxy) is 1. The van der Waals surface area contributed by atoms with Crippen molar-refractivity contribution in [3.05, 3.63) is 58.7 Å². The number of piperidine rings is 1. The minimum Gasteiger partial charge on any atom is -0.496 e. The Bertz CT molecular complexity index is 1060. The molecule has 31 heavy (non-hydrogen) atoms. The molecule has 1 aliphatic rings. The summed E-state index contributed by atoms with van der Waals surface area (Å²) in [7, 11) is -2.35. The molecule has 1 atom stereocenters. The minimum absolute atomic E-state index is 0.0548. The van der Waals surface area contributed by atoms with Gasteiger partial charge in [0.1, 0.15) is 5.75 Å². The lowest BCUT2D eigenvalue weighted by atomic mass is 9.98. The first-order valence-corrected chi connectivity index (χ1v) is 12.2. The Morgan fingerprint density at radius 3 is 2.45 bits per heavy atom. The Balaban J connectivity index is 1.88. The van der Waals surface area contributed by atoms with Gasteiger partial charge in [0.2, 0.25) is 10.0 Å². The van der Waals surface area contributed by atoms with E-state index in [1.54, 1.807) is 11.0 Å². The summed E-state index contributed by atoms with van der Waals surface area (Å²) in [6.45, 7) is 9.28. The molecule has 1 heterocycles. The molecule has 0 spiro atoms. The second-order valence-corrected chi connectivity index (χ2v) is 10.3. The van der Waals surface area contributed by atoms with E-state index < -0.39 is 16.1 Å². The third kappa shape index (κ3) is 5.28. The number of sulfonamides is 1. The van der Waals surface area contributed by atoms with Crippen molar-refractivity contribution < 1.29 is 17.9 Å². The molecule has 6 nitrogen and oxygen atoms in total. The van der Waals surface area contributed by atoms with Gasteiger partial charge in [0.25, 0.3) is 5.91 Å².